The zero-order valence-electron chi connectivity index (χ0n) is 17.4. The molecule has 1 amide bonds. The minimum Gasteiger partial charge on any atom is -0.465 e. The molecule has 2 aromatic rings. The largest absolute Gasteiger partial charge is 0.465 e. The summed E-state index contributed by atoms with van der Waals surface area (Å²) in [5.74, 6) is -1.46. The first kappa shape index (κ1) is 22.5. The molecule has 1 atom stereocenters. The molecule has 1 aromatic carbocycles. The number of rotatable bonds is 3. The first-order valence-electron chi connectivity index (χ1n) is 9.98. The van der Waals surface area contributed by atoms with Crippen LogP contribution in [0.25, 0.3) is 10.9 Å². The van der Waals surface area contributed by atoms with Gasteiger partial charge in [0.2, 0.25) is 0 Å². The summed E-state index contributed by atoms with van der Waals surface area (Å²) in [4.78, 5) is 31.0. The van der Waals surface area contributed by atoms with E-state index < -0.39 is 29.5 Å². The van der Waals surface area contributed by atoms with E-state index in [1.807, 2.05) is 7.05 Å². The maximum atomic E-state index is 13.8. The van der Waals surface area contributed by atoms with E-state index in [0.29, 0.717) is 44.0 Å². The number of hydrogen-bond acceptors (Lipinski definition) is 6. The van der Waals surface area contributed by atoms with E-state index >= 15 is 0 Å². The van der Waals surface area contributed by atoms with Gasteiger partial charge in [0.1, 0.15) is 5.69 Å². The maximum absolute atomic E-state index is 13.8. The second kappa shape index (κ2) is 8.36. The summed E-state index contributed by atoms with van der Waals surface area (Å²) < 4.78 is 51.7. The fourth-order valence-corrected chi connectivity index (χ4v) is 4.42. The Bertz CT molecular complexity index is 1060. The number of esters is 1. The van der Waals surface area contributed by atoms with Gasteiger partial charge in [0, 0.05) is 61.7 Å². The number of H-pyrrole nitrogens is 1. The topological polar surface area (TPSA) is 86.9 Å². The van der Waals surface area contributed by atoms with Crippen molar-refractivity contribution in [2.24, 2.45) is 0 Å². The number of hydrogen-bond donors (Lipinski definition) is 2. The van der Waals surface area contributed by atoms with Gasteiger partial charge >= 0.3 is 18.2 Å². The average molecular weight is 475 g/mol. The van der Waals surface area contributed by atoms with Crippen LogP contribution in [0.5, 0.6) is 5.75 Å². The van der Waals surface area contributed by atoms with Crippen molar-refractivity contribution in [2.75, 3.05) is 58.1 Å². The Morgan fingerprint density at radius 1 is 1.25 bits per heavy atom. The van der Waals surface area contributed by atoms with Crippen molar-refractivity contribution < 1.29 is 32.2 Å². The number of fused-ring (bicyclic) bond motifs is 3. The number of carbonyl (C=O) groups is 2. The fraction of sp³-hybridized carbons (Fsp3) is 0.500. The number of likely N-dealkylation sites (N-methyl/N-ethyl adjacent to an activating group) is 1. The second-order valence-corrected chi connectivity index (χ2v) is 8.15. The molecule has 1 fully saturated rings. The van der Waals surface area contributed by atoms with E-state index in [1.165, 1.54) is 11.0 Å². The van der Waals surface area contributed by atoms with E-state index in [9.17, 15) is 22.8 Å². The zero-order valence-corrected chi connectivity index (χ0v) is 18.2. The Kier molecular flexibility index (Phi) is 5.89. The summed E-state index contributed by atoms with van der Waals surface area (Å²) in [6, 6.07) is 1.47. The van der Waals surface area contributed by atoms with Crippen molar-refractivity contribution in [3.05, 3.63) is 22.9 Å². The SMILES string of the molecule is COC(=O)c1c(C(F)(F)F)[nH]c2c(OC(=O)N3CCN(C)CC3)cc3c(c12)C(CCl)CN3. The first-order chi connectivity index (χ1) is 15.2. The van der Waals surface area contributed by atoms with Crippen LogP contribution in [0.4, 0.5) is 23.7 Å². The number of alkyl halides is 4. The molecule has 1 aromatic heterocycles. The lowest BCUT2D eigenvalue weighted by Gasteiger charge is -2.31. The van der Waals surface area contributed by atoms with Crippen LogP contribution in [-0.4, -0.2) is 79.6 Å². The summed E-state index contributed by atoms with van der Waals surface area (Å²) in [6.45, 7) is 2.54. The van der Waals surface area contributed by atoms with Crippen molar-refractivity contribution in [3.8, 4) is 5.75 Å². The number of carbonyl (C=O) groups excluding carboxylic acids is 2. The zero-order chi connectivity index (χ0) is 23.2. The average Bonchev–Trinajstić information content (AvgIpc) is 3.34. The number of anilines is 1. The standard InChI is InChI=1S/C20H22ClF3N4O4/c1-27-3-5-28(6-4-27)19(30)32-12-7-11-13(10(8-21)9-25-11)14-15(18(29)31-2)17(20(22,23)24)26-16(12)14/h7,10,25-26H,3-6,8-9H2,1-2H3. The number of amides is 1. The molecule has 0 spiro atoms. The molecule has 174 valence electrons. The van der Waals surface area contributed by atoms with Crippen LogP contribution in [0.2, 0.25) is 0 Å². The highest BCUT2D eigenvalue weighted by molar-refractivity contribution is 6.19. The van der Waals surface area contributed by atoms with Gasteiger partial charge in [-0.2, -0.15) is 13.2 Å². The highest BCUT2D eigenvalue weighted by Crippen LogP contribution is 2.47. The Balaban J connectivity index is 1.88. The summed E-state index contributed by atoms with van der Waals surface area (Å²) in [5.41, 5.74) is -1.09. The predicted octanol–water partition coefficient (Wildman–Crippen LogP) is 3.47. The molecular formula is C20H22ClF3N4O4. The van der Waals surface area contributed by atoms with Gasteiger partial charge in [-0.15, -0.1) is 11.6 Å². The van der Waals surface area contributed by atoms with Gasteiger partial charge in [0.05, 0.1) is 18.2 Å². The molecule has 4 rings (SSSR count). The Morgan fingerprint density at radius 3 is 2.53 bits per heavy atom. The molecule has 0 bridgehead atoms. The third-order valence-electron chi connectivity index (χ3n) is 5.85. The number of nitrogens with one attached hydrogen (secondary N) is 2. The van der Waals surface area contributed by atoms with Crippen molar-refractivity contribution in [1.82, 2.24) is 14.8 Å². The molecule has 12 heteroatoms. The Hall–Kier alpha value is -2.66. The van der Waals surface area contributed by atoms with E-state index in [0.717, 1.165) is 7.11 Å². The van der Waals surface area contributed by atoms with Gasteiger partial charge in [-0.3, -0.25) is 0 Å². The van der Waals surface area contributed by atoms with E-state index in [2.05, 4.69) is 19.9 Å². The number of aromatic amines is 1. The van der Waals surface area contributed by atoms with Crippen molar-refractivity contribution >= 4 is 40.3 Å². The summed E-state index contributed by atoms with van der Waals surface area (Å²) in [5, 5.41) is 3.08. The number of benzene rings is 1. The summed E-state index contributed by atoms with van der Waals surface area (Å²) in [6.07, 6.45) is -5.54. The van der Waals surface area contributed by atoms with Gasteiger partial charge in [-0.05, 0) is 12.6 Å². The lowest BCUT2D eigenvalue weighted by molar-refractivity contribution is -0.141. The normalized spacial score (nSPS) is 19.1. The van der Waals surface area contributed by atoms with Crippen LogP contribution in [0.15, 0.2) is 6.07 Å². The minimum absolute atomic E-state index is 0.00139. The lowest BCUT2D eigenvalue weighted by atomic mass is 9.95. The third-order valence-corrected chi connectivity index (χ3v) is 6.22. The first-order valence-corrected chi connectivity index (χ1v) is 10.5. The predicted molar refractivity (Wildman–Crippen MR) is 112 cm³/mol. The molecule has 2 aliphatic rings. The van der Waals surface area contributed by atoms with Crippen molar-refractivity contribution in [3.63, 3.8) is 0 Å². The minimum atomic E-state index is -4.86. The molecule has 0 aliphatic carbocycles. The van der Waals surface area contributed by atoms with E-state index in [1.54, 1.807) is 0 Å². The number of aromatic nitrogens is 1. The van der Waals surface area contributed by atoms with Crippen LogP contribution in [0.1, 0.15) is 27.5 Å². The number of methoxy groups -OCH3 is 1. The summed E-state index contributed by atoms with van der Waals surface area (Å²) >= 11 is 6.05. The number of ether oxygens (including phenoxy) is 2. The maximum Gasteiger partial charge on any atom is 0.432 e. The number of nitrogens with zero attached hydrogens (tertiary/aromatic N) is 2. The molecule has 1 saturated heterocycles. The highest BCUT2D eigenvalue weighted by atomic mass is 35.5. The van der Waals surface area contributed by atoms with Crippen LogP contribution in [-0.2, 0) is 10.9 Å². The third kappa shape index (κ3) is 3.83. The molecule has 32 heavy (non-hydrogen) atoms. The highest BCUT2D eigenvalue weighted by Gasteiger charge is 2.42. The number of halogens is 4. The van der Waals surface area contributed by atoms with Crippen LogP contribution >= 0.6 is 11.6 Å². The monoisotopic (exact) mass is 474 g/mol. The van der Waals surface area contributed by atoms with Crippen LogP contribution in [0.3, 0.4) is 0 Å². The van der Waals surface area contributed by atoms with Crippen molar-refractivity contribution in [1.29, 1.82) is 0 Å². The van der Waals surface area contributed by atoms with Gasteiger partial charge in [0.15, 0.2) is 5.75 Å². The van der Waals surface area contributed by atoms with Gasteiger partial charge in [-0.1, -0.05) is 0 Å². The van der Waals surface area contributed by atoms with Crippen LogP contribution in [0, 0.1) is 0 Å². The molecule has 0 radical (unpaired) electrons. The lowest BCUT2D eigenvalue weighted by Crippen LogP contribution is -2.48. The number of piperazine rings is 1. The molecule has 1 unspecified atom stereocenters. The molecule has 3 heterocycles. The molecule has 0 saturated carbocycles. The second-order valence-electron chi connectivity index (χ2n) is 7.84. The van der Waals surface area contributed by atoms with Gasteiger partial charge in [-0.25, -0.2) is 9.59 Å². The quantitative estimate of drug-likeness (QED) is 0.523. The molecule has 2 aliphatic heterocycles. The fourth-order valence-electron chi connectivity index (χ4n) is 4.15. The van der Waals surface area contributed by atoms with Gasteiger partial charge < -0.3 is 29.6 Å². The smallest absolute Gasteiger partial charge is 0.432 e. The van der Waals surface area contributed by atoms with E-state index in [-0.39, 0.29) is 28.5 Å². The van der Waals surface area contributed by atoms with Gasteiger partial charge in [0.25, 0.3) is 0 Å². The Morgan fingerprint density at radius 2 is 1.94 bits per heavy atom. The van der Waals surface area contributed by atoms with Crippen molar-refractivity contribution in [2.45, 2.75) is 12.1 Å². The van der Waals surface area contributed by atoms with E-state index in [4.69, 9.17) is 16.3 Å². The Labute approximate surface area is 186 Å². The molecule has 2 N–H and O–H groups in total. The van der Waals surface area contributed by atoms with Crippen LogP contribution < -0.4 is 10.1 Å². The summed E-state index contributed by atoms with van der Waals surface area (Å²) in [7, 11) is 2.94. The molecule has 8 nitrogen and oxygen atoms in total. The molecular weight excluding hydrogens is 453 g/mol.